The molecule has 2 atom stereocenters. The van der Waals surface area contributed by atoms with Gasteiger partial charge in [-0.15, -0.1) is 0 Å². The lowest BCUT2D eigenvalue weighted by Gasteiger charge is -2.14. The molecule has 4 nitrogen and oxygen atoms in total. The topological polar surface area (TPSA) is 50.7 Å². The minimum atomic E-state index is -0.336. The van der Waals surface area contributed by atoms with Gasteiger partial charge >= 0.3 is 0 Å². The normalized spacial score (nSPS) is 31.0. The van der Waals surface area contributed by atoms with Crippen molar-refractivity contribution in [3.8, 4) is 0 Å². The summed E-state index contributed by atoms with van der Waals surface area (Å²) in [7, 11) is 0. The van der Waals surface area contributed by atoms with Crippen LogP contribution < -0.4 is 5.32 Å². The third-order valence-corrected chi connectivity index (χ3v) is 2.97. The average molecular weight is 215 g/mol. The van der Waals surface area contributed by atoms with Gasteiger partial charge in [-0.1, -0.05) is 0 Å². The van der Waals surface area contributed by atoms with E-state index >= 15 is 0 Å². The molecule has 15 heavy (non-hydrogen) atoms. The second kappa shape index (κ2) is 5.80. The molecule has 0 bridgehead atoms. The fraction of sp³-hybridized carbons (Fsp3) is 1.00. The van der Waals surface area contributed by atoms with E-state index in [9.17, 15) is 5.11 Å². The summed E-state index contributed by atoms with van der Waals surface area (Å²) in [6.45, 7) is 3.76. The highest BCUT2D eigenvalue weighted by Crippen LogP contribution is 2.28. The van der Waals surface area contributed by atoms with E-state index in [0.29, 0.717) is 13.2 Å². The lowest BCUT2D eigenvalue weighted by atomic mass is 10.2. The fourth-order valence-electron chi connectivity index (χ4n) is 1.73. The zero-order chi connectivity index (χ0) is 10.5. The maximum absolute atomic E-state index is 9.45. The van der Waals surface area contributed by atoms with Crippen LogP contribution in [0.2, 0.25) is 0 Å². The molecule has 2 fully saturated rings. The van der Waals surface area contributed by atoms with Crippen molar-refractivity contribution in [3.05, 3.63) is 0 Å². The molecule has 2 rings (SSSR count). The third kappa shape index (κ3) is 4.07. The van der Waals surface area contributed by atoms with Crippen LogP contribution >= 0.6 is 0 Å². The molecule has 0 aromatic carbocycles. The van der Waals surface area contributed by atoms with Crippen LogP contribution in [0.15, 0.2) is 0 Å². The van der Waals surface area contributed by atoms with Crippen LogP contribution in [0.3, 0.4) is 0 Å². The molecule has 1 aliphatic carbocycles. The van der Waals surface area contributed by atoms with Crippen molar-refractivity contribution in [1.82, 2.24) is 5.32 Å². The van der Waals surface area contributed by atoms with Crippen molar-refractivity contribution in [1.29, 1.82) is 0 Å². The minimum absolute atomic E-state index is 0.119. The van der Waals surface area contributed by atoms with E-state index in [-0.39, 0.29) is 12.1 Å². The Hall–Kier alpha value is -0.160. The van der Waals surface area contributed by atoms with E-state index in [1.165, 1.54) is 12.8 Å². The molecule has 1 saturated heterocycles. The number of hydrogen-bond donors (Lipinski definition) is 2. The second-order valence-corrected chi connectivity index (χ2v) is 4.54. The van der Waals surface area contributed by atoms with Crippen molar-refractivity contribution >= 4 is 0 Å². The van der Waals surface area contributed by atoms with Gasteiger partial charge in [0.2, 0.25) is 0 Å². The van der Waals surface area contributed by atoms with Crippen molar-refractivity contribution < 1.29 is 14.6 Å². The Kier molecular flexibility index (Phi) is 4.38. The number of ether oxygens (including phenoxy) is 2. The predicted molar refractivity (Wildman–Crippen MR) is 56.8 cm³/mol. The quantitative estimate of drug-likeness (QED) is 0.594. The van der Waals surface area contributed by atoms with Gasteiger partial charge in [-0.3, -0.25) is 0 Å². The Morgan fingerprint density at radius 2 is 2.20 bits per heavy atom. The molecule has 1 heterocycles. The van der Waals surface area contributed by atoms with E-state index < -0.39 is 0 Å². The Bertz CT molecular complexity index is 185. The molecule has 0 aromatic rings. The van der Waals surface area contributed by atoms with E-state index in [4.69, 9.17) is 9.47 Å². The standard InChI is InChI=1S/C11H21NO3/c13-11-8-15-7-10(11)12-4-1-5-14-6-9-2-3-9/h9-13H,1-8H2. The molecule has 2 aliphatic rings. The van der Waals surface area contributed by atoms with Crippen LogP contribution in [0.1, 0.15) is 19.3 Å². The molecular formula is C11H21NO3. The SMILES string of the molecule is OC1COCC1NCCCOCC1CC1. The van der Waals surface area contributed by atoms with Gasteiger partial charge in [-0.05, 0) is 31.7 Å². The number of hydrogen-bond acceptors (Lipinski definition) is 4. The van der Waals surface area contributed by atoms with E-state index in [1.54, 1.807) is 0 Å². The first kappa shape index (κ1) is 11.3. The summed E-state index contributed by atoms with van der Waals surface area (Å²) in [5.41, 5.74) is 0. The second-order valence-electron chi connectivity index (χ2n) is 4.54. The van der Waals surface area contributed by atoms with Crippen molar-refractivity contribution in [2.24, 2.45) is 5.92 Å². The van der Waals surface area contributed by atoms with Crippen LogP contribution in [0, 0.1) is 5.92 Å². The summed E-state index contributed by atoms with van der Waals surface area (Å²) in [6, 6.07) is 0.119. The number of rotatable bonds is 7. The van der Waals surface area contributed by atoms with Gasteiger partial charge in [-0.2, -0.15) is 0 Å². The minimum Gasteiger partial charge on any atom is -0.389 e. The number of nitrogens with one attached hydrogen (secondary N) is 1. The first-order valence-electron chi connectivity index (χ1n) is 5.93. The smallest absolute Gasteiger partial charge is 0.0948 e. The summed E-state index contributed by atoms with van der Waals surface area (Å²) >= 11 is 0. The molecule has 1 saturated carbocycles. The van der Waals surface area contributed by atoms with Gasteiger partial charge in [0.15, 0.2) is 0 Å². The molecule has 2 N–H and O–H groups in total. The average Bonchev–Trinajstić information content (AvgIpc) is 2.96. The summed E-state index contributed by atoms with van der Waals surface area (Å²) < 4.78 is 10.7. The van der Waals surface area contributed by atoms with Gasteiger partial charge in [0.1, 0.15) is 0 Å². The van der Waals surface area contributed by atoms with Gasteiger partial charge < -0.3 is 19.9 Å². The van der Waals surface area contributed by atoms with Crippen molar-refractivity contribution in [2.75, 3.05) is 33.0 Å². The zero-order valence-corrected chi connectivity index (χ0v) is 9.15. The summed E-state index contributed by atoms with van der Waals surface area (Å²) in [6.07, 6.45) is 3.38. The number of aliphatic hydroxyl groups excluding tert-OH is 1. The lowest BCUT2D eigenvalue weighted by Crippen LogP contribution is -2.39. The first-order chi connectivity index (χ1) is 7.36. The largest absolute Gasteiger partial charge is 0.389 e. The highest BCUT2D eigenvalue weighted by Gasteiger charge is 2.25. The van der Waals surface area contributed by atoms with Crippen LogP contribution in [0.4, 0.5) is 0 Å². The maximum Gasteiger partial charge on any atom is 0.0948 e. The van der Waals surface area contributed by atoms with Crippen molar-refractivity contribution in [2.45, 2.75) is 31.4 Å². The molecule has 1 aliphatic heterocycles. The van der Waals surface area contributed by atoms with Gasteiger partial charge in [-0.25, -0.2) is 0 Å². The molecule has 0 amide bonds. The van der Waals surface area contributed by atoms with Gasteiger partial charge in [0.25, 0.3) is 0 Å². The van der Waals surface area contributed by atoms with Crippen molar-refractivity contribution in [3.63, 3.8) is 0 Å². The first-order valence-corrected chi connectivity index (χ1v) is 5.93. The van der Waals surface area contributed by atoms with Gasteiger partial charge in [0, 0.05) is 13.2 Å². The Labute approximate surface area is 90.9 Å². The lowest BCUT2D eigenvalue weighted by molar-refractivity contribution is 0.115. The highest BCUT2D eigenvalue weighted by atomic mass is 16.5. The van der Waals surface area contributed by atoms with Crippen LogP contribution in [0.5, 0.6) is 0 Å². The van der Waals surface area contributed by atoms with Crippen LogP contribution in [0.25, 0.3) is 0 Å². The zero-order valence-electron chi connectivity index (χ0n) is 9.15. The highest BCUT2D eigenvalue weighted by molar-refractivity contribution is 4.80. The summed E-state index contributed by atoms with van der Waals surface area (Å²) in [4.78, 5) is 0. The third-order valence-electron chi connectivity index (χ3n) is 2.97. The predicted octanol–water partition coefficient (Wildman–Crippen LogP) is 0.152. The Morgan fingerprint density at radius 1 is 1.33 bits per heavy atom. The van der Waals surface area contributed by atoms with E-state index in [0.717, 1.165) is 32.1 Å². The summed E-state index contributed by atoms with van der Waals surface area (Å²) in [5, 5.41) is 12.7. The molecule has 0 aromatic heterocycles. The van der Waals surface area contributed by atoms with Crippen LogP contribution in [-0.2, 0) is 9.47 Å². The molecule has 2 unspecified atom stereocenters. The molecule has 0 spiro atoms. The number of aliphatic hydroxyl groups is 1. The molecular weight excluding hydrogens is 194 g/mol. The van der Waals surface area contributed by atoms with E-state index in [1.807, 2.05) is 0 Å². The monoisotopic (exact) mass is 215 g/mol. The maximum atomic E-state index is 9.45. The van der Waals surface area contributed by atoms with Crippen LogP contribution in [-0.4, -0.2) is 50.2 Å². The summed E-state index contributed by atoms with van der Waals surface area (Å²) in [5.74, 6) is 0.850. The fourth-order valence-corrected chi connectivity index (χ4v) is 1.73. The molecule has 4 heteroatoms. The molecule has 0 radical (unpaired) electrons. The Morgan fingerprint density at radius 3 is 2.87 bits per heavy atom. The van der Waals surface area contributed by atoms with Gasteiger partial charge in [0.05, 0.1) is 25.4 Å². The molecule has 88 valence electrons. The van der Waals surface area contributed by atoms with E-state index in [2.05, 4.69) is 5.32 Å². The Balaban J connectivity index is 1.40.